The number of aliphatic hydroxyl groups is 1. The van der Waals surface area contributed by atoms with Gasteiger partial charge in [-0.2, -0.15) is 0 Å². The molecule has 0 aromatic carbocycles. The summed E-state index contributed by atoms with van der Waals surface area (Å²) in [7, 11) is 0. The zero-order valence-electron chi connectivity index (χ0n) is 16.4. The number of nitrogens with zero attached hydrogens (tertiary/aromatic N) is 7. The van der Waals surface area contributed by atoms with Crippen molar-refractivity contribution in [2.45, 2.75) is 44.1 Å². The monoisotopic (exact) mass is 395 g/mol. The maximum absolute atomic E-state index is 11.1. The third-order valence-electron chi connectivity index (χ3n) is 6.02. The van der Waals surface area contributed by atoms with Crippen molar-refractivity contribution in [1.82, 2.24) is 25.3 Å². The molecular weight excluding hydrogens is 370 g/mol. The first-order valence-electron chi connectivity index (χ1n) is 10.4. The van der Waals surface area contributed by atoms with Crippen LogP contribution >= 0.6 is 0 Å². The summed E-state index contributed by atoms with van der Waals surface area (Å²) in [5.74, 6) is 1.65. The van der Waals surface area contributed by atoms with Crippen LogP contribution in [0.3, 0.4) is 0 Å². The van der Waals surface area contributed by atoms with Gasteiger partial charge in [0.05, 0.1) is 5.69 Å². The Morgan fingerprint density at radius 1 is 0.828 bits per heavy atom. The number of anilines is 2. The lowest BCUT2D eigenvalue weighted by atomic mass is 9.88. The van der Waals surface area contributed by atoms with Gasteiger partial charge in [0.1, 0.15) is 5.60 Å². The molecule has 3 aromatic heterocycles. The van der Waals surface area contributed by atoms with Crippen LogP contribution in [0, 0.1) is 0 Å². The molecule has 0 atom stereocenters. The Labute approximate surface area is 168 Å². The van der Waals surface area contributed by atoms with Crippen LogP contribution in [0.4, 0.5) is 11.6 Å². The highest BCUT2D eigenvalue weighted by molar-refractivity contribution is 5.74. The molecule has 2 fully saturated rings. The van der Waals surface area contributed by atoms with Crippen molar-refractivity contribution in [1.29, 1.82) is 0 Å². The highest BCUT2D eigenvalue weighted by Crippen LogP contribution is 2.36. The number of hydrogen-bond acceptors (Lipinski definition) is 9. The zero-order chi connectivity index (χ0) is 19.7. The predicted molar refractivity (Wildman–Crippen MR) is 108 cm³/mol. The molecule has 0 unspecified atom stereocenters. The minimum atomic E-state index is -0.909. The van der Waals surface area contributed by atoms with Crippen molar-refractivity contribution >= 4 is 22.9 Å². The summed E-state index contributed by atoms with van der Waals surface area (Å²) in [6.45, 7) is 3.26. The van der Waals surface area contributed by atoms with Gasteiger partial charge in [0.2, 0.25) is 11.3 Å². The molecular formula is C20H25N7O2. The van der Waals surface area contributed by atoms with E-state index in [1.54, 1.807) is 6.20 Å². The van der Waals surface area contributed by atoms with E-state index in [1.807, 2.05) is 18.2 Å². The van der Waals surface area contributed by atoms with Gasteiger partial charge in [-0.05, 0) is 48.1 Å². The average molecular weight is 395 g/mol. The number of pyridine rings is 1. The molecule has 9 heteroatoms. The van der Waals surface area contributed by atoms with Crippen molar-refractivity contribution in [3.8, 4) is 0 Å². The Bertz CT molecular complexity index is 961. The molecule has 5 heterocycles. The van der Waals surface area contributed by atoms with E-state index >= 15 is 0 Å². The molecule has 29 heavy (non-hydrogen) atoms. The van der Waals surface area contributed by atoms with Crippen LogP contribution in [0.25, 0.3) is 11.3 Å². The van der Waals surface area contributed by atoms with Gasteiger partial charge in [0, 0.05) is 32.4 Å². The predicted octanol–water partition coefficient (Wildman–Crippen LogP) is 2.28. The van der Waals surface area contributed by atoms with E-state index in [2.05, 4.69) is 25.1 Å². The highest BCUT2D eigenvalue weighted by atomic mass is 16.6. The number of rotatable bonds is 3. The van der Waals surface area contributed by atoms with Gasteiger partial charge in [-0.1, -0.05) is 18.9 Å². The fraction of sp³-hybridized carbons (Fsp3) is 0.550. The maximum Gasteiger partial charge on any atom is 0.245 e. The van der Waals surface area contributed by atoms with E-state index in [9.17, 15) is 5.11 Å². The minimum Gasteiger partial charge on any atom is -0.383 e. The molecule has 0 aliphatic carbocycles. The molecule has 0 saturated carbocycles. The fourth-order valence-corrected chi connectivity index (χ4v) is 4.31. The van der Waals surface area contributed by atoms with Gasteiger partial charge < -0.3 is 14.9 Å². The van der Waals surface area contributed by atoms with Crippen LogP contribution in [0.15, 0.2) is 29.0 Å². The van der Waals surface area contributed by atoms with Gasteiger partial charge in [-0.3, -0.25) is 4.98 Å². The van der Waals surface area contributed by atoms with Crippen molar-refractivity contribution in [3.05, 3.63) is 30.1 Å². The number of fused-ring (bicyclic) bond motifs is 1. The maximum atomic E-state index is 11.1. The van der Waals surface area contributed by atoms with E-state index in [1.165, 1.54) is 12.8 Å². The van der Waals surface area contributed by atoms with E-state index < -0.39 is 5.60 Å². The molecule has 5 rings (SSSR count). The molecule has 2 aliphatic rings. The summed E-state index contributed by atoms with van der Waals surface area (Å²) < 4.78 is 4.85. The standard InChI is InChI=1S/C20H25N7O2/c28-20(15-7-3-4-10-21-15)8-13-27(14-9-20)19-18(26-11-5-1-2-6-12-26)22-16-17(23-19)25-29-24-16/h3-4,7,10,28H,1-2,5-6,8-9,11-14H2. The summed E-state index contributed by atoms with van der Waals surface area (Å²) in [5.41, 5.74) is 0.682. The van der Waals surface area contributed by atoms with Crippen LogP contribution < -0.4 is 9.80 Å². The van der Waals surface area contributed by atoms with E-state index in [0.717, 1.165) is 43.3 Å². The molecule has 0 bridgehead atoms. The summed E-state index contributed by atoms with van der Waals surface area (Å²) in [6.07, 6.45) is 7.68. The SMILES string of the molecule is OC1(c2ccccn2)CCN(c2nc3nonc3nc2N2CCCCCC2)CC1. The van der Waals surface area contributed by atoms with Crippen molar-refractivity contribution in [2.75, 3.05) is 36.0 Å². The first-order chi connectivity index (χ1) is 14.2. The minimum absolute atomic E-state index is 0.420. The molecule has 9 nitrogen and oxygen atoms in total. The fourth-order valence-electron chi connectivity index (χ4n) is 4.31. The van der Waals surface area contributed by atoms with Crippen LogP contribution in [0.1, 0.15) is 44.2 Å². The van der Waals surface area contributed by atoms with Crippen molar-refractivity contribution in [3.63, 3.8) is 0 Å². The Balaban J connectivity index is 1.44. The summed E-state index contributed by atoms with van der Waals surface area (Å²) in [4.78, 5) is 18.4. The Hall–Kier alpha value is -2.81. The van der Waals surface area contributed by atoms with E-state index in [4.69, 9.17) is 14.6 Å². The molecule has 1 N–H and O–H groups in total. The lowest BCUT2D eigenvalue weighted by Crippen LogP contribution is -2.44. The molecule has 152 valence electrons. The Kier molecular flexibility index (Phi) is 4.75. The second kappa shape index (κ2) is 7.55. The van der Waals surface area contributed by atoms with Crippen LogP contribution in [0.2, 0.25) is 0 Å². The summed E-state index contributed by atoms with van der Waals surface area (Å²) in [6, 6.07) is 5.68. The largest absolute Gasteiger partial charge is 0.383 e. The van der Waals surface area contributed by atoms with Gasteiger partial charge in [0.25, 0.3) is 0 Å². The number of piperidine rings is 1. The van der Waals surface area contributed by atoms with Gasteiger partial charge >= 0.3 is 0 Å². The second-order valence-corrected chi connectivity index (χ2v) is 7.92. The van der Waals surface area contributed by atoms with Crippen molar-refractivity contribution < 1.29 is 9.74 Å². The number of aromatic nitrogens is 5. The third-order valence-corrected chi connectivity index (χ3v) is 6.02. The third kappa shape index (κ3) is 3.50. The normalized spacial score (nSPS) is 20.0. The molecule has 2 aliphatic heterocycles. The summed E-state index contributed by atoms with van der Waals surface area (Å²) >= 11 is 0. The molecule has 0 amide bonds. The highest BCUT2D eigenvalue weighted by Gasteiger charge is 2.37. The van der Waals surface area contributed by atoms with E-state index in [0.29, 0.717) is 37.2 Å². The average Bonchev–Trinajstić information content (AvgIpc) is 3.05. The van der Waals surface area contributed by atoms with Gasteiger partial charge in [-0.15, -0.1) is 0 Å². The van der Waals surface area contributed by atoms with Gasteiger partial charge in [0.15, 0.2) is 11.6 Å². The smallest absolute Gasteiger partial charge is 0.245 e. The van der Waals surface area contributed by atoms with E-state index in [-0.39, 0.29) is 0 Å². The molecule has 2 saturated heterocycles. The first-order valence-corrected chi connectivity index (χ1v) is 10.4. The lowest BCUT2D eigenvalue weighted by molar-refractivity contribution is 0.00751. The Morgan fingerprint density at radius 3 is 2.03 bits per heavy atom. The van der Waals surface area contributed by atoms with Gasteiger partial charge in [-0.25, -0.2) is 14.6 Å². The molecule has 3 aromatic rings. The topological polar surface area (TPSA) is 104 Å². The van der Waals surface area contributed by atoms with Crippen LogP contribution in [0.5, 0.6) is 0 Å². The van der Waals surface area contributed by atoms with Crippen molar-refractivity contribution in [2.24, 2.45) is 0 Å². The quantitative estimate of drug-likeness (QED) is 0.715. The van der Waals surface area contributed by atoms with Crippen LogP contribution in [-0.2, 0) is 5.60 Å². The number of hydrogen-bond donors (Lipinski definition) is 1. The summed E-state index contributed by atoms with van der Waals surface area (Å²) in [5, 5.41) is 18.9. The first kappa shape index (κ1) is 18.2. The second-order valence-electron chi connectivity index (χ2n) is 7.92. The Morgan fingerprint density at radius 2 is 1.45 bits per heavy atom. The molecule has 0 radical (unpaired) electrons. The zero-order valence-corrected chi connectivity index (χ0v) is 16.4. The lowest BCUT2D eigenvalue weighted by Gasteiger charge is -2.39. The molecule has 0 spiro atoms. The van der Waals surface area contributed by atoms with Crippen LogP contribution in [-0.4, -0.2) is 56.6 Å².